The van der Waals surface area contributed by atoms with Gasteiger partial charge >= 0.3 is 5.97 Å². The number of nitrogens with one attached hydrogen (secondary N) is 1. The molecule has 0 unspecified atom stereocenters. The van der Waals surface area contributed by atoms with Crippen LogP contribution in [0.15, 0.2) is 27.6 Å². The minimum Gasteiger partial charge on any atom is -0.447 e. The summed E-state index contributed by atoms with van der Waals surface area (Å²) in [5.41, 5.74) is 0.0480. The lowest BCUT2D eigenvalue weighted by atomic mass is 10.2. The van der Waals surface area contributed by atoms with Crippen LogP contribution in [0.4, 0.5) is 0 Å². The molecule has 0 amide bonds. The van der Waals surface area contributed by atoms with Crippen molar-refractivity contribution >= 4 is 31.9 Å². The number of sulfonamides is 1. The highest BCUT2D eigenvalue weighted by molar-refractivity contribution is 9.10. The van der Waals surface area contributed by atoms with Gasteiger partial charge in [0.1, 0.15) is 6.07 Å². The van der Waals surface area contributed by atoms with Gasteiger partial charge in [0.05, 0.1) is 10.5 Å². The van der Waals surface area contributed by atoms with E-state index in [2.05, 4.69) is 25.4 Å². The first-order valence-corrected chi connectivity index (χ1v) is 7.91. The lowest BCUT2D eigenvalue weighted by Gasteiger charge is -2.11. The largest absolute Gasteiger partial charge is 0.447 e. The number of rotatable bonds is 5. The maximum atomic E-state index is 12.0. The Labute approximate surface area is 125 Å². The zero-order valence-electron chi connectivity index (χ0n) is 10.9. The second-order valence-electron chi connectivity index (χ2n) is 4.15. The van der Waals surface area contributed by atoms with Gasteiger partial charge in [0.25, 0.3) is 0 Å². The molecule has 108 valence electrons. The van der Waals surface area contributed by atoms with Crippen LogP contribution < -0.4 is 4.72 Å². The second-order valence-corrected chi connectivity index (χ2v) is 6.72. The van der Waals surface area contributed by atoms with E-state index in [4.69, 9.17) is 5.26 Å². The number of carbonyl (C=O) groups is 1. The molecule has 0 aliphatic rings. The molecule has 0 heterocycles. The smallest absolute Gasteiger partial charge is 0.340 e. The minimum atomic E-state index is -3.70. The maximum Gasteiger partial charge on any atom is 0.340 e. The molecule has 0 atom stereocenters. The molecule has 0 aromatic heterocycles. The standard InChI is InChI=1S/C12H13BrN2O4S/c1-8(2)15-20(17,18)9-3-4-11(13)10(7-9)12(16)19-6-5-14/h3-4,7-8,15H,6H2,1-2H3. The van der Waals surface area contributed by atoms with Crippen molar-refractivity contribution in [1.29, 1.82) is 5.26 Å². The molecule has 0 fully saturated rings. The van der Waals surface area contributed by atoms with Crippen LogP contribution in [0.3, 0.4) is 0 Å². The molecule has 0 spiro atoms. The molecule has 0 aliphatic heterocycles. The first kappa shape index (κ1) is 16.6. The number of nitriles is 1. The minimum absolute atomic E-state index is 0.0432. The van der Waals surface area contributed by atoms with Gasteiger partial charge in [-0.1, -0.05) is 0 Å². The van der Waals surface area contributed by atoms with Crippen molar-refractivity contribution in [1.82, 2.24) is 4.72 Å². The third-order valence-corrected chi connectivity index (χ3v) is 4.47. The SMILES string of the molecule is CC(C)NS(=O)(=O)c1ccc(Br)c(C(=O)OCC#N)c1. The van der Waals surface area contributed by atoms with E-state index in [1.807, 2.05) is 0 Å². The Balaban J connectivity index is 3.15. The van der Waals surface area contributed by atoms with Crippen LogP contribution in [0.5, 0.6) is 0 Å². The number of esters is 1. The molecule has 0 saturated carbocycles. The van der Waals surface area contributed by atoms with Crippen molar-refractivity contribution in [3.63, 3.8) is 0 Å². The molecule has 1 N–H and O–H groups in total. The Bertz CT molecular complexity index is 650. The van der Waals surface area contributed by atoms with Crippen LogP contribution in [-0.4, -0.2) is 27.0 Å². The third-order valence-electron chi connectivity index (χ3n) is 2.13. The summed E-state index contributed by atoms with van der Waals surface area (Å²) < 4.78 is 31.5. The molecular weight excluding hydrogens is 348 g/mol. The molecule has 0 saturated heterocycles. The molecule has 1 aromatic carbocycles. The van der Waals surface area contributed by atoms with Gasteiger partial charge < -0.3 is 4.74 Å². The zero-order valence-corrected chi connectivity index (χ0v) is 13.3. The Morgan fingerprint density at radius 3 is 2.70 bits per heavy atom. The van der Waals surface area contributed by atoms with Gasteiger partial charge in [-0.05, 0) is 48.0 Å². The highest BCUT2D eigenvalue weighted by Gasteiger charge is 2.20. The Kier molecular flexibility index (Phi) is 5.68. The molecular formula is C12H13BrN2O4S. The van der Waals surface area contributed by atoms with Crippen LogP contribution in [0, 0.1) is 11.3 Å². The predicted molar refractivity (Wildman–Crippen MR) is 75.5 cm³/mol. The number of hydrogen-bond acceptors (Lipinski definition) is 5. The van der Waals surface area contributed by atoms with Gasteiger partial charge in [-0.2, -0.15) is 5.26 Å². The summed E-state index contributed by atoms with van der Waals surface area (Å²) in [5.74, 6) is -0.764. The van der Waals surface area contributed by atoms with Gasteiger partial charge in [-0.25, -0.2) is 17.9 Å². The van der Waals surface area contributed by atoms with E-state index in [-0.39, 0.29) is 16.5 Å². The average Bonchev–Trinajstić information content (AvgIpc) is 2.34. The molecule has 1 aromatic rings. The highest BCUT2D eigenvalue weighted by Crippen LogP contribution is 2.22. The van der Waals surface area contributed by atoms with Crippen LogP contribution in [0.1, 0.15) is 24.2 Å². The molecule has 0 aliphatic carbocycles. The van der Waals surface area contributed by atoms with E-state index >= 15 is 0 Å². The molecule has 0 bridgehead atoms. The van der Waals surface area contributed by atoms with Crippen molar-refractivity contribution < 1.29 is 17.9 Å². The quantitative estimate of drug-likeness (QED) is 0.807. The first-order chi connectivity index (χ1) is 9.27. The third kappa shape index (κ3) is 4.30. The molecule has 8 heteroatoms. The van der Waals surface area contributed by atoms with Gasteiger partial charge in [-0.15, -0.1) is 0 Å². The predicted octanol–water partition coefficient (Wildman–Crippen LogP) is 1.82. The normalized spacial score (nSPS) is 11.2. The summed E-state index contributed by atoms with van der Waals surface area (Å²) >= 11 is 3.14. The van der Waals surface area contributed by atoms with Gasteiger partial charge in [0.2, 0.25) is 10.0 Å². The fourth-order valence-electron chi connectivity index (χ4n) is 1.38. The number of ether oxygens (including phenoxy) is 1. The Morgan fingerprint density at radius 2 is 2.15 bits per heavy atom. The first-order valence-electron chi connectivity index (χ1n) is 5.64. The van der Waals surface area contributed by atoms with Crippen LogP contribution in [-0.2, 0) is 14.8 Å². The van der Waals surface area contributed by atoms with E-state index in [0.29, 0.717) is 4.47 Å². The number of nitrogens with zero attached hydrogens (tertiary/aromatic N) is 1. The fraction of sp³-hybridized carbons (Fsp3) is 0.333. The lowest BCUT2D eigenvalue weighted by molar-refractivity contribution is 0.0553. The number of carbonyl (C=O) groups excluding carboxylic acids is 1. The molecule has 20 heavy (non-hydrogen) atoms. The van der Waals surface area contributed by atoms with Crippen molar-refractivity contribution in [2.75, 3.05) is 6.61 Å². The summed E-state index contributed by atoms with van der Waals surface area (Å²) in [7, 11) is -3.70. The van der Waals surface area contributed by atoms with E-state index in [1.165, 1.54) is 18.2 Å². The highest BCUT2D eigenvalue weighted by atomic mass is 79.9. The van der Waals surface area contributed by atoms with Crippen LogP contribution >= 0.6 is 15.9 Å². The maximum absolute atomic E-state index is 12.0. The zero-order chi connectivity index (χ0) is 15.3. The summed E-state index contributed by atoms with van der Waals surface area (Å²) in [6.07, 6.45) is 0. The van der Waals surface area contributed by atoms with Gasteiger partial charge in [-0.3, -0.25) is 0 Å². The second kappa shape index (κ2) is 6.83. The van der Waals surface area contributed by atoms with E-state index in [9.17, 15) is 13.2 Å². The van der Waals surface area contributed by atoms with Crippen LogP contribution in [0.2, 0.25) is 0 Å². The fourth-order valence-corrected chi connectivity index (χ4v) is 3.07. The lowest BCUT2D eigenvalue weighted by Crippen LogP contribution is -2.30. The van der Waals surface area contributed by atoms with Crippen molar-refractivity contribution in [3.05, 3.63) is 28.2 Å². The molecule has 0 radical (unpaired) electrons. The number of halogens is 1. The van der Waals surface area contributed by atoms with Crippen molar-refractivity contribution in [2.45, 2.75) is 24.8 Å². The number of hydrogen-bond donors (Lipinski definition) is 1. The van der Waals surface area contributed by atoms with E-state index in [1.54, 1.807) is 19.9 Å². The van der Waals surface area contributed by atoms with E-state index < -0.39 is 22.6 Å². The summed E-state index contributed by atoms with van der Waals surface area (Å²) in [5, 5.41) is 8.37. The van der Waals surface area contributed by atoms with Gasteiger partial charge in [0, 0.05) is 10.5 Å². The summed E-state index contributed by atoms with van der Waals surface area (Å²) in [4.78, 5) is 11.7. The van der Waals surface area contributed by atoms with Crippen LogP contribution in [0.25, 0.3) is 0 Å². The average molecular weight is 361 g/mol. The molecule has 1 rings (SSSR count). The molecule has 6 nitrogen and oxygen atoms in total. The summed E-state index contributed by atoms with van der Waals surface area (Å²) in [6.45, 7) is 2.99. The Hall–Kier alpha value is -1.43. The Morgan fingerprint density at radius 1 is 1.50 bits per heavy atom. The van der Waals surface area contributed by atoms with Gasteiger partial charge in [0.15, 0.2) is 6.61 Å². The number of benzene rings is 1. The topological polar surface area (TPSA) is 96.3 Å². The van der Waals surface area contributed by atoms with Crippen molar-refractivity contribution in [3.8, 4) is 6.07 Å². The summed E-state index contributed by atoms with van der Waals surface area (Å²) in [6, 6.07) is 5.42. The van der Waals surface area contributed by atoms with E-state index in [0.717, 1.165) is 0 Å². The van der Waals surface area contributed by atoms with Crippen molar-refractivity contribution in [2.24, 2.45) is 0 Å². The monoisotopic (exact) mass is 360 g/mol.